The predicted octanol–water partition coefficient (Wildman–Crippen LogP) is 3.48. The van der Waals surface area contributed by atoms with Crippen molar-refractivity contribution in [3.05, 3.63) is 46.5 Å². The molecular formula is C15H20BrN3. The van der Waals surface area contributed by atoms with Gasteiger partial charge in [-0.15, -0.1) is 0 Å². The number of aromatic nitrogens is 2. The molecular weight excluding hydrogens is 302 g/mol. The van der Waals surface area contributed by atoms with E-state index in [-0.39, 0.29) is 6.04 Å². The summed E-state index contributed by atoms with van der Waals surface area (Å²) in [7, 11) is 0. The van der Waals surface area contributed by atoms with Crippen LogP contribution in [0.5, 0.6) is 0 Å². The van der Waals surface area contributed by atoms with Gasteiger partial charge in [0.25, 0.3) is 0 Å². The molecule has 0 aliphatic carbocycles. The third-order valence-electron chi connectivity index (χ3n) is 3.35. The smallest absolute Gasteiger partial charge is 0.112 e. The molecule has 2 aromatic rings. The number of imidazole rings is 1. The third-order valence-corrected chi connectivity index (χ3v) is 3.84. The van der Waals surface area contributed by atoms with Crippen molar-refractivity contribution in [1.82, 2.24) is 9.55 Å². The highest BCUT2D eigenvalue weighted by molar-refractivity contribution is 9.10. The van der Waals surface area contributed by atoms with Crippen LogP contribution in [0.15, 0.2) is 35.1 Å². The van der Waals surface area contributed by atoms with Crippen LogP contribution in [0.25, 0.3) is 5.69 Å². The van der Waals surface area contributed by atoms with E-state index in [1.807, 2.05) is 12.4 Å². The average Bonchev–Trinajstić information content (AvgIpc) is 2.88. The second-order valence-corrected chi connectivity index (χ2v) is 5.63. The van der Waals surface area contributed by atoms with Crippen LogP contribution in [-0.4, -0.2) is 15.6 Å². The molecule has 1 unspecified atom stereocenters. The van der Waals surface area contributed by atoms with Gasteiger partial charge in [0.15, 0.2) is 0 Å². The van der Waals surface area contributed by atoms with Crippen molar-refractivity contribution in [3.8, 4) is 5.69 Å². The van der Waals surface area contributed by atoms with Crippen molar-refractivity contribution < 1.29 is 0 Å². The van der Waals surface area contributed by atoms with Crippen LogP contribution in [0.4, 0.5) is 0 Å². The number of aryl methyl sites for hydroxylation is 1. The summed E-state index contributed by atoms with van der Waals surface area (Å²) in [6.07, 6.45) is 6.66. The normalized spacial score (nSPS) is 12.6. The third kappa shape index (κ3) is 3.25. The van der Waals surface area contributed by atoms with Crippen molar-refractivity contribution in [1.29, 1.82) is 0 Å². The van der Waals surface area contributed by atoms with Crippen LogP contribution in [-0.2, 0) is 12.8 Å². The summed E-state index contributed by atoms with van der Waals surface area (Å²) < 4.78 is 3.23. The second-order valence-electron chi connectivity index (χ2n) is 4.71. The summed E-state index contributed by atoms with van der Waals surface area (Å²) in [6, 6.07) is 6.56. The number of nitrogens with zero attached hydrogens (tertiary/aromatic N) is 2. The molecule has 1 atom stereocenters. The summed E-state index contributed by atoms with van der Waals surface area (Å²) in [4.78, 5) is 4.40. The minimum atomic E-state index is 0.202. The van der Waals surface area contributed by atoms with Gasteiger partial charge in [-0.25, -0.2) is 4.98 Å². The van der Waals surface area contributed by atoms with Gasteiger partial charge >= 0.3 is 0 Å². The van der Waals surface area contributed by atoms with E-state index in [2.05, 4.69) is 57.5 Å². The molecule has 0 radical (unpaired) electrons. The number of nitrogens with two attached hydrogens (primary N) is 1. The van der Waals surface area contributed by atoms with E-state index < -0.39 is 0 Å². The van der Waals surface area contributed by atoms with Gasteiger partial charge < -0.3 is 10.3 Å². The average molecular weight is 322 g/mol. The highest BCUT2D eigenvalue weighted by Gasteiger charge is 2.11. The fourth-order valence-corrected chi connectivity index (χ4v) is 2.52. The van der Waals surface area contributed by atoms with Crippen LogP contribution in [0.3, 0.4) is 0 Å². The molecule has 0 spiro atoms. The van der Waals surface area contributed by atoms with Gasteiger partial charge in [0, 0.05) is 29.3 Å². The van der Waals surface area contributed by atoms with Crippen LogP contribution in [0.1, 0.15) is 31.7 Å². The lowest BCUT2D eigenvalue weighted by Crippen LogP contribution is -2.22. The SMILES string of the molecule is CCc1nccn1-c1cc(Br)ccc1CC(N)CC. The Morgan fingerprint density at radius 1 is 1.37 bits per heavy atom. The Bertz CT molecular complexity index is 548. The zero-order valence-corrected chi connectivity index (χ0v) is 13.0. The molecule has 4 heteroatoms. The van der Waals surface area contributed by atoms with Crippen molar-refractivity contribution in [2.75, 3.05) is 0 Å². The van der Waals surface area contributed by atoms with Gasteiger partial charge in [0.1, 0.15) is 5.82 Å². The fourth-order valence-electron chi connectivity index (χ4n) is 2.18. The maximum absolute atomic E-state index is 6.10. The molecule has 2 rings (SSSR count). The Labute approximate surface area is 123 Å². The first-order valence-corrected chi connectivity index (χ1v) is 7.51. The molecule has 1 aromatic carbocycles. The molecule has 2 N–H and O–H groups in total. The molecule has 1 aromatic heterocycles. The zero-order valence-electron chi connectivity index (χ0n) is 11.4. The molecule has 0 saturated heterocycles. The van der Waals surface area contributed by atoms with E-state index >= 15 is 0 Å². The Kier molecular flexibility index (Phi) is 4.77. The monoisotopic (exact) mass is 321 g/mol. The molecule has 1 heterocycles. The number of benzene rings is 1. The first-order chi connectivity index (χ1) is 9.15. The van der Waals surface area contributed by atoms with Crippen molar-refractivity contribution in [3.63, 3.8) is 0 Å². The molecule has 3 nitrogen and oxygen atoms in total. The number of hydrogen-bond donors (Lipinski definition) is 1. The molecule has 19 heavy (non-hydrogen) atoms. The Morgan fingerprint density at radius 2 is 2.16 bits per heavy atom. The first kappa shape index (κ1) is 14.3. The largest absolute Gasteiger partial charge is 0.327 e. The van der Waals surface area contributed by atoms with Crippen LogP contribution < -0.4 is 5.73 Å². The quantitative estimate of drug-likeness (QED) is 0.916. The van der Waals surface area contributed by atoms with E-state index in [0.717, 1.165) is 29.6 Å². The second kappa shape index (κ2) is 6.35. The minimum Gasteiger partial charge on any atom is -0.327 e. The fraction of sp³-hybridized carbons (Fsp3) is 0.400. The molecule has 102 valence electrons. The van der Waals surface area contributed by atoms with Gasteiger partial charge in [-0.2, -0.15) is 0 Å². The summed E-state index contributed by atoms with van der Waals surface area (Å²) in [5.41, 5.74) is 8.54. The highest BCUT2D eigenvalue weighted by Crippen LogP contribution is 2.23. The van der Waals surface area contributed by atoms with Crippen molar-refractivity contribution in [2.45, 2.75) is 39.2 Å². The zero-order chi connectivity index (χ0) is 13.8. The van der Waals surface area contributed by atoms with Crippen molar-refractivity contribution in [2.24, 2.45) is 5.73 Å². The molecule has 0 bridgehead atoms. The van der Waals surface area contributed by atoms with E-state index in [9.17, 15) is 0 Å². The summed E-state index contributed by atoms with van der Waals surface area (Å²) in [5.74, 6) is 1.07. The lowest BCUT2D eigenvalue weighted by Gasteiger charge is -2.16. The topological polar surface area (TPSA) is 43.8 Å². The lowest BCUT2D eigenvalue weighted by molar-refractivity contribution is 0.643. The minimum absolute atomic E-state index is 0.202. The van der Waals surface area contributed by atoms with E-state index in [0.29, 0.717) is 0 Å². The molecule has 0 amide bonds. The number of halogens is 1. The van der Waals surface area contributed by atoms with Gasteiger partial charge in [0.2, 0.25) is 0 Å². The van der Waals surface area contributed by atoms with E-state index in [1.54, 1.807) is 0 Å². The van der Waals surface area contributed by atoms with Gasteiger partial charge in [0.05, 0.1) is 5.69 Å². The molecule has 0 saturated carbocycles. The number of hydrogen-bond acceptors (Lipinski definition) is 2. The Hall–Kier alpha value is -1.13. The van der Waals surface area contributed by atoms with Gasteiger partial charge in [-0.1, -0.05) is 35.8 Å². The molecule has 0 aliphatic heterocycles. The number of rotatable bonds is 5. The molecule has 0 fully saturated rings. The maximum Gasteiger partial charge on any atom is 0.112 e. The van der Waals surface area contributed by atoms with E-state index in [4.69, 9.17) is 5.73 Å². The molecule has 0 aliphatic rings. The Morgan fingerprint density at radius 3 is 2.84 bits per heavy atom. The predicted molar refractivity (Wildman–Crippen MR) is 82.6 cm³/mol. The summed E-state index contributed by atoms with van der Waals surface area (Å²) in [6.45, 7) is 4.24. The lowest BCUT2D eigenvalue weighted by atomic mass is 10.0. The summed E-state index contributed by atoms with van der Waals surface area (Å²) in [5, 5.41) is 0. The summed E-state index contributed by atoms with van der Waals surface area (Å²) >= 11 is 3.55. The van der Waals surface area contributed by atoms with Crippen LogP contribution in [0, 0.1) is 0 Å². The van der Waals surface area contributed by atoms with Gasteiger partial charge in [-0.05, 0) is 30.5 Å². The highest BCUT2D eigenvalue weighted by atomic mass is 79.9. The van der Waals surface area contributed by atoms with E-state index in [1.165, 1.54) is 11.3 Å². The Balaban J connectivity index is 2.45. The van der Waals surface area contributed by atoms with Crippen LogP contribution >= 0.6 is 15.9 Å². The van der Waals surface area contributed by atoms with Gasteiger partial charge in [-0.3, -0.25) is 0 Å². The van der Waals surface area contributed by atoms with Crippen molar-refractivity contribution >= 4 is 15.9 Å². The standard InChI is InChI=1S/C15H20BrN3/c1-3-13(17)9-11-5-6-12(16)10-14(11)19-8-7-18-15(19)4-2/h5-8,10,13H,3-4,9,17H2,1-2H3. The first-order valence-electron chi connectivity index (χ1n) is 6.72. The maximum atomic E-state index is 6.10. The van der Waals surface area contributed by atoms with Crippen LogP contribution in [0.2, 0.25) is 0 Å².